The van der Waals surface area contributed by atoms with Crippen LogP contribution in [-0.2, 0) is 17.8 Å². The Morgan fingerprint density at radius 2 is 2.26 bits per heavy atom. The van der Waals surface area contributed by atoms with Crippen LogP contribution < -0.4 is 0 Å². The minimum absolute atomic E-state index is 0.173. The van der Waals surface area contributed by atoms with Crippen molar-refractivity contribution in [1.29, 1.82) is 0 Å². The second-order valence-electron chi connectivity index (χ2n) is 4.83. The van der Waals surface area contributed by atoms with Crippen LogP contribution in [0.2, 0.25) is 0 Å². The van der Waals surface area contributed by atoms with Crippen molar-refractivity contribution in [2.45, 2.75) is 43.1 Å². The summed E-state index contributed by atoms with van der Waals surface area (Å²) < 4.78 is 10.8. The first-order valence-electron chi connectivity index (χ1n) is 6.41. The van der Waals surface area contributed by atoms with Crippen molar-refractivity contribution in [3.63, 3.8) is 0 Å². The molecule has 0 unspecified atom stereocenters. The molecule has 0 saturated carbocycles. The fraction of sp³-hybridized carbons (Fsp3) is 0.429. The Hall–Kier alpha value is -1.33. The van der Waals surface area contributed by atoms with Gasteiger partial charge in [0.15, 0.2) is 5.82 Å². The molecular weight excluding hydrogens is 260 g/mol. The molecule has 3 rings (SSSR count). The lowest BCUT2D eigenvalue weighted by Gasteiger charge is -2.03. The fourth-order valence-electron chi connectivity index (χ4n) is 2.02. The van der Waals surface area contributed by atoms with E-state index in [1.54, 1.807) is 11.8 Å². The third-order valence-corrected chi connectivity index (χ3v) is 4.26. The number of hydrogen-bond donors (Lipinski definition) is 0. The van der Waals surface area contributed by atoms with Gasteiger partial charge in [0.2, 0.25) is 5.89 Å². The molecule has 2 heterocycles. The predicted molar refractivity (Wildman–Crippen MR) is 73.0 cm³/mol. The molecule has 19 heavy (non-hydrogen) atoms. The van der Waals surface area contributed by atoms with Crippen molar-refractivity contribution in [3.05, 3.63) is 41.5 Å². The number of rotatable bonds is 4. The Balaban J connectivity index is 1.68. The van der Waals surface area contributed by atoms with Crippen molar-refractivity contribution in [1.82, 2.24) is 10.1 Å². The quantitative estimate of drug-likeness (QED) is 0.856. The van der Waals surface area contributed by atoms with E-state index >= 15 is 0 Å². The van der Waals surface area contributed by atoms with Gasteiger partial charge in [-0.15, -0.1) is 11.8 Å². The number of benzene rings is 1. The first kappa shape index (κ1) is 12.7. The van der Waals surface area contributed by atoms with Gasteiger partial charge in [0.05, 0.1) is 11.4 Å². The lowest BCUT2D eigenvalue weighted by Crippen LogP contribution is -2.03. The zero-order valence-electron chi connectivity index (χ0n) is 11.0. The Bertz CT molecular complexity index is 543. The summed E-state index contributed by atoms with van der Waals surface area (Å²) in [6.07, 6.45) is 1.13. The monoisotopic (exact) mass is 276 g/mol. The molecule has 0 bridgehead atoms. The highest BCUT2D eigenvalue weighted by Gasteiger charge is 2.28. The number of hydrogen-bond acceptors (Lipinski definition) is 5. The first-order chi connectivity index (χ1) is 9.22. The minimum atomic E-state index is 0.173. The highest BCUT2D eigenvalue weighted by molar-refractivity contribution is 7.99. The van der Waals surface area contributed by atoms with Crippen molar-refractivity contribution < 1.29 is 9.26 Å². The average molecular weight is 276 g/mol. The van der Waals surface area contributed by atoms with Crippen LogP contribution in [0.4, 0.5) is 0 Å². The van der Waals surface area contributed by atoms with Gasteiger partial charge < -0.3 is 9.26 Å². The summed E-state index contributed by atoms with van der Waals surface area (Å²) in [5.41, 5.74) is 1.36. The van der Waals surface area contributed by atoms with Crippen LogP contribution in [-0.4, -0.2) is 16.2 Å². The van der Waals surface area contributed by atoms with Gasteiger partial charge in [-0.3, -0.25) is 0 Å². The summed E-state index contributed by atoms with van der Waals surface area (Å²) in [6.45, 7) is 4.39. The van der Waals surface area contributed by atoms with Gasteiger partial charge in [-0.1, -0.05) is 23.4 Å². The Morgan fingerprint density at radius 1 is 1.42 bits per heavy atom. The van der Waals surface area contributed by atoms with E-state index in [1.807, 2.05) is 13.8 Å². The van der Waals surface area contributed by atoms with Crippen LogP contribution in [0.3, 0.4) is 0 Å². The van der Waals surface area contributed by atoms with E-state index in [4.69, 9.17) is 9.26 Å². The van der Waals surface area contributed by atoms with Gasteiger partial charge in [0.25, 0.3) is 0 Å². The van der Waals surface area contributed by atoms with Gasteiger partial charge in [0, 0.05) is 4.90 Å². The summed E-state index contributed by atoms with van der Waals surface area (Å²) in [6, 6.07) is 8.42. The molecule has 1 aliphatic heterocycles. The second-order valence-corrected chi connectivity index (χ2v) is 6.07. The highest BCUT2D eigenvalue weighted by Crippen LogP contribution is 2.45. The van der Waals surface area contributed by atoms with E-state index < -0.39 is 0 Å². The smallest absolute Gasteiger partial charge is 0.240 e. The maximum Gasteiger partial charge on any atom is 0.240 e. The van der Waals surface area contributed by atoms with E-state index in [0.29, 0.717) is 18.3 Å². The van der Waals surface area contributed by atoms with Crippen molar-refractivity contribution in [3.8, 4) is 0 Å². The van der Waals surface area contributed by atoms with Crippen LogP contribution in [0, 0.1) is 0 Å². The molecule has 0 aliphatic carbocycles. The molecule has 1 aromatic carbocycles. The van der Waals surface area contributed by atoms with Crippen molar-refractivity contribution in [2.24, 2.45) is 0 Å². The second kappa shape index (κ2) is 5.35. The summed E-state index contributed by atoms with van der Waals surface area (Å²) in [5, 5.41) is 4.21. The SMILES string of the molecule is CC(C)OCc1noc([C@H]2Cc3ccccc3S2)n1. The van der Waals surface area contributed by atoms with Crippen LogP contribution in [0.5, 0.6) is 0 Å². The van der Waals surface area contributed by atoms with Gasteiger partial charge in [-0.2, -0.15) is 4.98 Å². The number of nitrogens with zero attached hydrogens (tertiary/aromatic N) is 2. The largest absolute Gasteiger partial charge is 0.371 e. The summed E-state index contributed by atoms with van der Waals surface area (Å²) in [5.74, 6) is 1.32. The molecule has 0 saturated heterocycles. The molecule has 0 radical (unpaired) electrons. The maximum atomic E-state index is 5.47. The van der Waals surface area contributed by atoms with Crippen molar-refractivity contribution in [2.75, 3.05) is 0 Å². The predicted octanol–water partition coefficient (Wildman–Crippen LogP) is 3.38. The molecule has 0 amide bonds. The summed E-state index contributed by atoms with van der Waals surface area (Å²) in [7, 11) is 0. The molecule has 2 aromatic rings. The number of fused-ring (bicyclic) bond motifs is 1. The van der Waals surface area contributed by atoms with Crippen LogP contribution in [0.1, 0.15) is 36.4 Å². The lowest BCUT2D eigenvalue weighted by atomic mass is 10.1. The standard InChI is InChI=1S/C14H16N2O2S/c1-9(2)17-8-13-15-14(18-16-13)12-7-10-5-3-4-6-11(10)19-12/h3-6,9,12H,7-8H2,1-2H3/t12-/m1/s1. The minimum Gasteiger partial charge on any atom is -0.371 e. The van der Waals surface area contributed by atoms with Gasteiger partial charge in [0.1, 0.15) is 6.61 Å². The Kier molecular flexibility index (Phi) is 3.57. The maximum absolute atomic E-state index is 5.47. The topological polar surface area (TPSA) is 48.2 Å². The number of aromatic nitrogens is 2. The van der Waals surface area contributed by atoms with Crippen molar-refractivity contribution >= 4 is 11.8 Å². The van der Waals surface area contributed by atoms with Gasteiger partial charge in [-0.05, 0) is 31.9 Å². The Morgan fingerprint density at radius 3 is 3.05 bits per heavy atom. The molecule has 0 fully saturated rings. The fourth-order valence-corrected chi connectivity index (χ4v) is 3.24. The molecule has 0 spiro atoms. The summed E-state index contributed by atoms with van der Waals surface area (Å²) in [4.78, 5) is 5.73. The molecule has 4 nitrogen and oxygen atoms in total. The third kappa shape index (κ3) is 2.82. The molecule has 1 aliphatic rings. The zero-order valence-corrected chi connectivity index (χ0v) is 11.8. The van der Waals surface area contributed by atoms with E-state index in [0.717, 1.165) is 6.42 Å². The van der Waals surface area contributed by atoms with Crippen LogP contribution in [0.15, 0.2) is 33.7 Å². The highest BCUT2D eigenvalue weighted by atomic mass is 32.2. The number of thioether (sulfide) groups is 1. The summed E-state index contributed by atoms with van der Waals surface area (Å²) >= 11 is 1.79. The van der Waals surface area contributed by atoms with E-state index in [9.17, 15) is 0 Å². The van der Waals surface area contributed by atoms with Gasteiger partial charge >= 0.3 is 0 Å². The Labute approximate surface area is 116 Å². The third-order valence-electron chi connectivity index (χ3n) is 2.95. The average Bonchev–Trinajstić information content (AvgIpc) is 3.02. The molecule has 0 N–H and O–H groups in total. The molecule has 1 aromatic heterocycles. The normalized spacial score (nSPS) is 17.9. The van der Waals surface area contributed by atoms with Crippen LogP contribution >= 0.6 is 11.8 Å². The van der Waals surface area contributed by atoms with E-state index in [2.05, 4.69) is 34.4 Å². The van der Waals surface area contributed by atoms with E-state index in [-0.39, 0.29) is 11.4 Å². The van der Waals surface area contributed by atoms with Gasteiger partial charge in [-0.25, -0.2) is 0 Å². The molecule has 100 valence electrons. The first-order valence-corrected chi connectivity index (χ1v) is 7.29. The lowest BCUT2D eigenvalue weighted by molar-refractivity contribution is 0.0601. The molecule has 1 atom stereocenters. The number of ether oxygens (including phenoxy) is 1. The molecule has 5 heteroatoms. The van der Waals surface area contributed by atoms with Crippen LogP contribution in [0.25, 0.3) is 0 Å². The zero-order chi connectivity index (χ0) is 13.2. The van der Waals surface area contributed by atoms with E-state index in [1.165, 1.54) is 10.5 Å². The molecular formula is C14H16N2O2S.